The Morgan fingerprint density at radius 2 is 1.68 bits per heavy atom. The van der Waals surface area contributed by atoms with Crippen LogP contribution in [0.15, 0.2) is 54.7 Å². The summed E-state index contributed by atoms with van der Waals surface area (Å²) in [4.78, 5) is 38.8. The van der Waals surface area contributed by atoms with Crippen molar-refractivity contribution in [1.29, 1.82) is 0 Å². The molecular formula is C24H26N4O2S. The van der Waals surface area contributed by atoms with Crippen molar-refractivity contribution in [3.05, 3.63) is 70.9 Å². The van der Waals surface area contributed by atoms with Gasteiger partial charge in [0.2, 0.25) is 5.91 Å². The first-order valence-corrected chi connectivity index (χ1v) is 11.4. The summed E-state index contributed by atoms with van der Waals surface area (Å²) in [5.74, 6) is 0.169. The average molecular weight is 435 g/mol. The minimum Gasteiger partial charge on any atom is -0.339 e. The van der Waals surface area contributed by atoms with Crippen LogP contribution in [0, 0.1) is 6.92 Å². The van der Waals surface area contributed by atoms with Gasteiger partial charge in [-0.25, -0.2) is 4.98 Å². The van der Waals surface area contributed by atoms with Crippen LogP contribution >= 0.6 is 11.3 Å². The number of pyridine rings is 1. The molecule has 7 heteroatoms. The number of aryl methyl sites for hydroxylation is 2. The SMILES string of the molecule is Cc1nc(-c2ccccn2)sc1C(=O)N1CCN(C(=O)CCCc2ccccc2)CC1. The van der Waals surface area contributed by atoms with Crippen LogP contribution in [0.25, 0.3) is 10.7 Å². The number of benzene rings is 1. The molecule has 4 rings (SSSR count). The first kappa shape index (κ1) is 21.2. The number of amides is 2. The van der Waals surface area contributed by atoms with Crippen molar-refractivity contribution in [3.63, 3.8) is 0 Å². The van der Waals surface area contributed by atoms with E-state index in [-0.39, 0.29) is 11.8 Å². The van der Waals surface area contributed by atoms with Crippen LogP contribution in [0.3, 0.4) is 0 Å². The fourth-order valence-corrected chi connectivity index (χ4v) is 4.75. The molecular weight excluding hydrogens is 408 g/mol. The summed E-state index contributed by atoms with van der Waals surface area (Å²) in [7, 11) is 0. The van der Waals surface area contributed by atoms with Gasteiger partial charge in [0.15, 0.2) is 0 Å². The number of nitrogens with zero attached hydrogens (tertiary/aromatic N) is 4. The molecule has 0 bridgehead atoms. The molecule has 0 spiro atoms. The first-order valence-electron chi connectivity index (χ1n) is 10.6. The predicted octanol–water partition coefficient (Wildman–Crippen LogP) is 3.82. The quantitative estimate of drug-likeness (QED) is 0.592. The van der Waals surface area contributed by atoms with Gasteiger partial charge >= 0.3 is 0 Å². The topological polar surface area (TPSA) is 66.4 Å². The zero-order valence-electron chi connectivity index (χ0n) is 17.7. The number of hydrogen-bond donors (Lipinski definition) is 0. The third kappa shape index (κ3) is 5.17. The van der Waals surface area contributed by atoms with Gasteiger partial charge in [-0.15, -0.1) is 11.3 Å². The van der Waals surface area contributed by atoms with Crippen molar-refractivity contribution in [2.75, 3.05) is 26.2 Å². The van der Waals surface area contributed by atoms with Gasteiger partial charge in [-0.1, -0.05) is 36.4 Å². The van der Waals surface area contributed by atoms with Gasteiger partial charge in [0.05, 0.1) is 11.4 Å². The molecule has 0 saturated carbocycles. The maximum absolute atomic E-state index is 13.0. The highest BCUT2D eigenvalue weighted by atomic mass is 32.1. The molecule has 0 radical (unpaired) electrons. The van der Waals surface area contributed by atoms with Gasteiger partial charge in [0.25, 0.3) is 5.91 Å². The molecule has 0 atom stereocenters. The molecule has 2 amide bonds. The number of thiazole rings is 1. The van der Waals surface area contributed by atoms with E-state index in [1.165, 1.54) is 16.9 Å². The second-order valence-electron chi connectivity index (χ2n) is 7.66. The van der Waals surface area contributed by atoms with Gasteiger partial charge in [-0.05, 0) is 37.5 Å². The molecule has 160 valence electrons. The predicted molar refractivity (Wildman–Crippen MR) is 122 cm³/mol. The molecule has 1 fully saturated rings. The number of aromatic nitrogens is 2. The van der Waals surface area contributed by atoms with Gasteiger partial charge in [0, 0.05) is 38.8 Å². The van der Waals surface area contributed by atoms with Crippen molar-refractivity contribution >= 4 is 23.2 Å². The fraction of sp³-hybridized carbons (Fsp3) is 0.333. The van der Waals surface area contributed by atoms with Gasteiger partial charge in [-0.3, -0.25) is 14.6 Å². The van der Waals surface area contributed by atoms with Crippen molar-refractivity contribution in [2.24, 2.45) is 0 Å². The Hall–Kier alpha value is -3.06. The summed E-state index contributed by atoms with van der Waals surface area (Å²) < 4.78 is 0. The molecule has 0 N–H and O–H groups in total. The largest absolute Gasteiger partial charge is 0.339 e. The Balaban J connectivity index is 1.29. The average Bonchev–Trinajstić information content (AvgIpc) is 3.21. The monoisotopic (exact) mass is 434 g/mol. The summed E-state index contributed by atoms with van der Waals surface area (Å²) in [5.41, 5.74) is 2.77. The van der Waals surface area contributed by atoms with E-state index in [9.17, 15) is 9.59 Å². The number of carbonyl (C=O) groups excluding carboxylic acids is 2. The summed E-state index contributed by atoms with van der Waals surface area (Å²) in [6.07, 6.45) is 4.03. The maximum atomic E-state index is 13.0. The maximum Gasteiger partial charge on any atom is 0.265 e. The van der Waals surface area contributed by atoms with E-state index in [2.05, 4.69) is 22.1 Å². The highest BCUT2D eigenvalue weighted by molar-refractivity contribution is 7.17. The molecule has 6 nitrogen and oxygen atoms in total. The smallest absolute Gasteiger partial charge is 0.265 e. The number of piperazine rings is 1. The van der Waals surface area contributed by atoms with Gasteiger partial charge < -0.3 is 9.80 Å². The van der Waals surface area contributed by atoms with E-state index in [0.717, 1.165) is 29.2 Å². The second-order valence-corrected chi connectivity index (χ2v) is 8.66. The lowest BCUT2D eigenvalue weighted by Crippen LogP contribution is -2.50. The van der Waals surface area contributed by atoms with Crippen LogP contribution in [-0.2, 0) is 11.2 Å². The summed E-state index contributed by atoms with van der Waals surface area (Å²) in [6, 6.07) is 15.9. The Bertz CT molecular complexity index is 1030. The molecule has 1 saturated heterocycles. The lowest BCUT2D eigenvalue weighted by molar-refractivity contribution is -0.132. The van der Waals surface area contributed by atoms with Crippen molar-refractivity contribution < 1.29 is 9.59 Å². The highest BCUT2D eigenvalue weighted by Gasteiger charge is 2.27. The Morgan fingerprint density at radius 1 is 0.968 bits per heavy atom. The molecule has 1 aromatic carbocycles. The van der Waals surface area contributed by atoms with Gasteiger partial charge in [0.1, 0.15) is 9.88 Å². The van der Waals surface area contributed by atoms with E-state index in [1.54, 1.807) is 6.20 Å². The molecule has 1 aliphatic heterocycles. The zero-order chi connectivity index (χ0) is 21.6. The number of hydrogen-bond acceptors (Lipinski definition) is 5. The molecule has 3 aromatic rings. The van der Waals surface area contributed by atoms with E-state index in [1.807, 2.05) is 53.1 Å². The summed E-state index contributed by atoms with van der Waals surface area (Å²) in [5, 5.41) is 0.758. The molecule has 0 aliphatic carbocycles. The van der Waals surface area contributed by atoms with E-state index in [0.29, 0.717) is 37.5 Å². The summed E-state index contributed by atoms with van der Waals surface area (Å²) >= 11 is 1.39. The first-order chi connectivity index (χ1) is 15.1. The minimum absolute atomic E-state index is 0.00615. The molecule has 1 aliphatic rings. The van der Waals surface area contributed by atoms with Crippen molar-refractivity contribution in [3.8, 4) is 10.7 Å². The van der Waals surface area contributed by atoms with Crippen LogP contribution in [0.1, 0.15) is 33.8 Å². The van der Waals surface area contributed by atoms with Crippen LogP contribution < -0.4 is 0 Å². The standard InChI is InChI=1S/C24H26N4O2S/c1-18-22(31-23(26-18)20-11-5-6-13-25-20)24(30)28-16-14-27(15-17-28)21(29)12-7-10-19-8-3-2-4-9-19/h2-6,8-9,11,13H,7,10,12,14-17H2,1H3. The second kappa shape index (κ2) is 9.83. The fourth-order valence-electron chi connectivity index (χ4n) is 3.74. The molecule has 0 unspecified atom stereocenters. The van der Waals surface area contributed by atoms with Crippen molar-refractivity contribution in [2.45, 2.75) is 26.2 Å². The Morgan fingerprint density at radius 3 is 2.39 bits per heavy atom. The number of rotatable bonds is 6. The van der Waals surface area contributed by atoms with Crippen LogP contribution in [-0.4, -0.2) is 57.8 Å². The van der Waals surface area contributed by atoms with Crippen LogP contribution in [0.2, 0.25) is 0 Å². The lowest BCUT2D eigenvalue weighted by Gasteiger charge is -2.34. The van der Waals surface area contributed by atoms with E-state index in [4.69, 9.17) is 0 Å². The lowest BCUT2D eigenvalue weighted by atomic mass is 10.1. The zero-order valence-corrected chi connectivity index (χ0v) is 18.5. The van der Waals surface area contributed by atoms with Gasteiger partial charge in [-0.2, -0.15) is 0 Å². The van der Waals surface area contributed by atoms with E-state index < -0.39 is 0 Å². The van der Waals surface area contributed by atoms with Crippen molar-refractivity contribution in [1.82, 2.24) is 19.8 Å². The summed E-state index contributed by atoms with van der Waals surface area (Å²) in [6.45, 7) is 4.14. The third-order valence-electron chi connectivity index (χ3n) is 5.49. The molecule has 2 aromatic heterocycles. The van der Waals surface area contributed by atoms with Crippen LogP contribution in [0.4, 0.5) is 0 Å². The highest BCUT2D eigenvalue weighted by Crippen LogP contribution is 2.27. The van der Waals surface area contributed by atoms with Crippen LogP contribution in [0.5, 0.6) is 0 Å². The Labute approximate surface area is 186 Å². The molecule has 3 heterocycles. The minimum atomic E-state index is -0.00615. The number of carbonyl (C=O) groups is 2. The third-order valence-corrected chi connectivity index (χ3v) is 6.66. The Kier molecular flexibility index (Phi) is 6.72. The molecule has 31 heavy (non-hydrogen) atoms. The van der Waals surface area contributed by atoms with E-state index >= 15 is 0 Å². The normalized spacial score (nSPS) is 14.0.